The highest BCUT2D eigenvalue weighted by Gasteiger charge is 2.54. The second-order valence-electron chi connectivity index (χ2n) is 7.32. The zero-order valence-corrected chi connectivity index (χ0v) is 18.1. The normalized spacial score (nSPS) is 16.2. The van der Waals surface area contributed by atoms with Crippen molar-refractivity contribution in [1.29, 1.82) is 0 Å². The van der Waals surface area contributed by atoms with Crippen molar-refractivity contribution < 1.29 is 32.2 Å². The summed E-state index contributed by atoms with van der Waals surface area (Å²) < 4.78 is 56.9. The standard InChI is InChI=1S/C21H18F2N4O5S/c1-24-33-26-14-4-2-3-12(16(14)22)9-27-20(28)32-18-13(21(27)10-29-11-21)5-6-15(17(18)23)31-19-25-7-8-30-19/h2-8,24,26H,9-11H2,1H3. The van der Waals surface area contributed by atoms with Gasteiger partial charge in [0.1, 0.15) is 11.8 Å². The Bertz CT molecular complexity index is 1190. The van der Waals surface area contributed by atoms with Crippen molar-refractivity contribution in [2.24, 2.45) is 0 Å². The fourth-order valence-corrected chi connectivity index (χ4v) is 4.15. The van der Waals surface area contributed by atoms with Crippen molar-refractivity contribution >= 4 is 23.9 Å². The van der Waals surface area contributed by atoms with Crippen molar-refractivity contribution in [3.05, 3.63) is 65.6 Å². The van der Waals surface area contributed by atoms with Crippen LogP contribution in [0.4, 0.5) is 19.3 Å². The highest BCUT2D eigenvalue weighted by molar-refractivity contribution is 7.98. The maximum absolute atomic E-state index is 15.2. The monoisotopic (exact) mass is 476 g/mol. The molecule has 172 valence electrons. The highest BCUT2D eigenvalue weighted by atomic mass is 32.2. The van der Waals surface area contributed by atoms with Crippen LogP contribution in [-0.4, -0.2) is 36.2 Å². The summed E-state index contributed by atoms with van der Waals surface area (Å²) in [5, 5.41) is 0. The number of anilines is 1. The Morgan fingerprint density at radius 1 is 1.24 bits per heavy atom. The van der Waals surface area contributed by atoms with Gasteiger partial charge in [-0.25, -0.2) is 13.9 Å². The maximum atomic E-state index is 15.2. The molecule has 0 aliphatic carbocycles. The number of rotatable bonds is 7. The van der Waals surface area contributed by atoms with E-state index in [1.54, 1.807) is 31.3 Å². The van der Waals surface area contributed by atoms with E-state index in [2.05, 4.69) is 14.4 Å². The van der Waals surface area contributed by atoms with Gasteiger partial charge in [-0.3, -0.25) is 4.90 Å². The third-order valence-electron chi connectivity index (χ3n) is 5.45. The zero-order chi connectivity index (χ0) is 23.0. The number of hydrogen-bond donors (Lipinski definition) is 2. The molecule has 2 aliphatic rings. The SMILES string of the molecule is CNSNc1cccc(CN2C(=O)Oc3c(ccc(Oc4ncco4)c3F)C23COC3)c1F. The Balaban J connectivity index is 1.48. The van der Waals surface area contributed by atoms with Crippen LogP contribution in [-0.2, 0) is 16.8 Å². The molecule has 2 aliphatic heterocycles. The molecule has 3 heterocycles. The minimum atomic E-state index is -0.997. The van der Waals surface area contributed by atoms with Gasteiger partial charge in [-0.2, -0.15) is 9.37 Å². The smallest absolute Gasteiger partial charge is 0.416 e. The Morgan fingerprint density at radius 3 is 2.79 bits per heavy atom. The molecule has 0 bridgehead atoms. The van der Waals surface area contributed by atoms with E-state index in [-0.39, 0.29) is 48.6 Å². The molecule has 0 saturated carbocycles. The minimum absolute atomic E-state index is 0.0939. The fraction of sp³-hybridized carbons (Fsp3) is 0.238. The Hall–Kier alpha value is -3.35. The summed E-state index contributed by atoms with van der Waals surface area (Å²) >= 11 is 1.11. The van der Waals surface area contributed by atoms with Crippen molar-refractivity contribution in [3.63, 3.8) is 0 Å². The lowest BCUT2D eigenvalue weighted by molar-refractivity contribution is -0.143. The van der Waals surface area contributed by atoms with Crippen LogP contribution in [0.1, 0.15) is 11.1 Å². The van der Waals surface area contributed by atoms with Crippen LogP contribution in [0.15, 0.2) is 47.2 Å². The molecule has 12 heteroatoms. The lowest BCUT2D eigenvalue weighted by Crippen LogP contribution is -2.63. The molecule has 2 aromatic carbocycles. The van der Waals surface area contributed by atoms with Crippen LogP contribution in [0.25, 0.3) is 0 Å². The number of amides is 1. The molecule has 1 aromatic heterocycles. The molecule has 0 unspecified atom stereocenters. The van der Waals surface area contributed by atoms with Gasteiger partial charge in [0, 0.05) is 23.3 Å². The second kappa shape index (κ2) is 8.54. The van der Waals surface area contributed by atoms with E-state index >= 15 is 8.78 Å². The molecular formula is C21H18F2N4O5S. The summed E-state index contributed by atoms with van der Waals surface area (Å²) in [4.78, 5) is 18.1. The number of hydrogen-bond acceptors (Lipinski definition) is 9. The summed E-state index contributed by atoms with van der Waals surface area (Å²) in [5.41, 5.74) is -0.0580. The van der Waals surface area contributed by atoms with E-state index < -0.39 is 23.3 Å². The van der Waals surface area contributed by atoms with Gasteiger partial charge in [-0.15, -0.1) is 0 Å². The number of halogens is 2. The summed E-state index contributed by atoms with van der Waals surface area (Å²) in [6.07, 6.45) is 1.66. The van der Waals surface area contributed by atoms with E-state index in [9.17, 15) is 4.79 Å². The van der Waals surface area contributed by atoms with Crippen LogP contribution in [0.3, 0.4) is 0 Å². The summed E-state index contributed by atoms with van der Waals surface area (Å²) in [7, 11) is 1.70. The van der Waals surface area contributed by atoms with Crippen LogP contribution < -0.4 is 18.9 Å². The molecule has 1 saturated heterocycles. The van der Waals surface area contributed by atoms with Gasteiger partial charge < -0.3 is 23.3 Å². The van der Waals surface area contributed by atoms with Gasteiger partial charge in [0.05, 0.1) is 31.6 Å². The number of ether oxygens (including phenoxy) is 3. The van der Waals surface area contributed by atoms with E-state index in [0.717, 1.165) is 12.1 Å². The third kappa shape index (κ3) is 3.65. The van der Waals surface area contributed by atoms with Gasteiger partial charge in [0.25, 0.3) is 0 Å². The largest absolute Gasteiger partial charge is 0.417 e. The summed E-state index contributed by atoms with van der Waals surface area (Å²) in [6, 6.07) is 7.83. The second-order valence-corrected chi connectivity index (χ2v) is 8.14. The molecule has 5 rings (SSSR count). The molecule has 1 spiro atoms. The number of oxazole rings is 1. The van der Waals surface area contributed by atoms with Crippen molar-refractivity contribution in [3.8, 4) is 17.6 Å². The molecule has 0 radical (unpaired) electrons. The number of carbonyl (C=O) groups excluding carboxylic acids is 1. The molecule has 3 aromatic rings. The van der Waals surface area contributed by atoms with E-state index in [1.165, 1.54) is 23.4 Å². The first-order valence-electron chi connectivity index (χ1n) is 9.87. The molecule has 33 heavy (non-hydrogen) atoms. The Kier molecular flexibility index (Phi) is 5.56. The van der Waals surface area contributed by atoms with Crippen molar-refractivity contribution in [2.45, 2.75) is 12.1 Å². The average Bonchev–Trinajstić information content (AvgIpc) is 3.29. The van der Waals surface area contributed by atoms with Crippen LogP contribution in [0, 0.1) is 11.6 Å². The van der Waals surface area contributed by atoms with Crippen molar-refractivity contribution in [2.75, 3.05) is 25.0 Å². The first kappa shape index (κ1) is 21.5. The number of aromatic nitrogens is 1. The van der Waals surface area contributed by atoms with Gasteiger partial charge in [0.2, 0.25) is 5.82 Å². The Labute approximate surface area is 191 Å². The molecular weight excluding hydrogens is 458 g/mol. The minimum Gasteiger partial charge on any atom is -0.417 e. The topological polar surface area (TPSA) is 98.1 Å². The number of benzene rings is 2. The van der Waals surface area contributed by atoms with E-state index in [1.807, 2.05) is 0 Å². The van der Waals surface area contributed by atoms with Gasteiger partial charge in [0.15, 0.2) is 17.3 Å². The maximum Gasteiger partial charge on any atom is 0.416 e. The van der Waals surface area contributed by atoms with Crippen molar-refractivity contribution in [1.82, 2.24) is 14.6 Å². The predicted octanol–water partition coefficient (Wildman–Crippen LogP) is 4.18. The molecule has 0 atom stereocenters. The van der Waals surface area contributed by atoms with E-state index in [0.29, 0.717) is 5.56 Å². The highest BCUT2D eigenvalue weighted by Crippen LogP contribution is 2.48. The van der Waals surface area contributed by atoms with Crippen LogP contribution >= 0.6 is 12.1 Å². The third-order valence-corrected chi connectivity index (χ3v) is 5.97. The lowest BCUT2D eigenvalue weighted by atomic mass is 9.84. The number of nitrogens with one attached hydrogen (secondary N) is 2. The van der Waals surface area contributed by atoms with E-state index in [4.69, 9.17) is 18.6 Å². The molecule has 1 amide bonds. The van der Waals surface area contributed by atoms with Crippen LogP contribution in [0.5, 0.6) is 17.6 Å². The number of nitrogens with zero attached hydrogens (tertiary/aromatic N) is 2. The Morgan fingerprint density at radius 2 is 2.09 bits per heavy atom. The number of carbonyl (C=O) groups is 1. The zero-order valence-electron chi connectivity index (χ0n) is 17.3. The van der Waals surface area contributed by atoms with Gasteiger partial charge >= 0.3 is 12.2 Å². The molecule has 1 fully saturated rings. The quantitative estimate of drug-likeness (QED) is 0.487. The first-order valence-corrected chi connectivity index (χ1v) is 10.7. The lowest BCUT2D eigenvalue weighted by Gasteiger charge is -2.51. The molecule has 2 N–H and O–H groups in total. The fourth-order valence-electron chi connectivity index (χ4n) is 3.78. The summed E-state index contributed by atoms with van der Waals surface area (Å²) in [6.45, 7) is 0.136. The van der Waals surface area contributed by atoms with Crippen LogP contribution in [0.2, 0.25) is 0 Å². The first-order chi connectivity index (χ1) is 16.0. The summed E-state index contributed by atoms with van der Waals surface area (Å²) in [5.74, 6) is -1.84. The molecule has 9 nitrogen and oxygen atoms in total. The number of fused-ring (bicyclic) bond motifs is 2. The van der Waals surface area contributed by atoms with Gasteiger partial charge in [-0.05, 0) is 25.2 Å². The van der Waals surface area contributed by atoms with Gasteiger partial charge in [-0.1, -0.05) is 12.1 Å². The predicted molar refractivity (Wildman–Crippen MR) is 114 cm³/mol. The average molecular weight is 476 g/mol.